The summed E-state index contributed by atoms with van der Waals surface area (Å²) in [5.74, 6) is 0. The second-order valence-corrected chi connectivity index (χ2v) is 5.18. The molecule has 3 aromatic rings. The van der Waals surface area contributed by atoms with Crippen LogP contribution in [0, 0.1) is 0 Å². The SMILES string of the molecule is c1cnc2ccc3cc4c(cc3c2c1)CCCC4. The van der Waals surface area contributed by atoms with Gasteiger partial charge in [-0.3, -0.25) is 4.98 Å². The lowest BCUT2D eigenvalue weighted by atomic mass is 9.88. The molecule has 88 valence electrons. The molecule has 0 unspecified atom stereocenters. The summed E-state index contributed by atoms with van der Waals surface area (Å²) < 4.78 is 0. The van der Waals surface area contributed by atoms with Crippen LogP contribution >= 0.6 is 0 Å². The number of hydrogen-bond acceptors (Lipinski definition) is 1. The molecule has 1 nitrogen and oxygen atoms in total. The summed E-state index contributed by atoms with van der Waals surface area (Å²) >= 11 is 0. The number of rotatable bonds is 0. The minimum Gasteiger partial charge on any atom is -0.256 e. The quantitative estimate of drug-likeness (QED) is 0.528. The molecular formula is C17H15N. The number of aromatic nitrogens is 1. The third-order valence-corrected chi connectivity index (χ3v) is 4.06. The fourth-order valence-electron chi connectivity index (χ4n) is 3.12. The van der Waals surface area contributed by atoms with Gasteiger partial charge in [0.25, 0.3) is 0 Å². The monoisotopic (exact) mass is 233 g/mol. The first-order valence-corrected chi connectivity index (χ1v) is 6.71. The van der Waals surface area contributed by atoms with Gasteiger partial charge in [-0.05, 0) is 59.7 Å². The van der Waals surface area contributed by atoms with Crippen molar-refractivity contribution < 1.29 is 0 Å². The van der Waals surface area contributed by atoms with Gasteiger partial charge in [-0.2, -0.15) is 0 Å². The highest BCUT2D eigenvalue weighted by molar-refractivity contribution is 6.06. The Morgan fingerprint density at radius 1 is 0.833 bits per heavy atom. The number of hydrogen-bond donors (Lipinski definition) is 0. The zero-order valence-electron chi connectivity index (χ0n) is 10.3. The van der Waals surface area contributed by atoms with Gasteiger partial charge in [0.15, 0.2) is 0 Å². The molecule has 0 radical (unpaired) electrons. The Morgan fingerprint density at radius 3 is 2.56 bits per heavy atom. The summed E-state index contributed by atoms with van der Waals surface area (Å²) in [6.45, 7) is 0. The highest BCUT2D eigenvalue weighted by atomic mass is 14.6. The summed E-state index contributed by atoms with van der Waals surface area (Å²) in [5.41, 5.74) is 4.20. The molecule has 4 rings (SSSR count). The summed E-state index contributed by atoms with van der Waals surface area (Å²) in [6.07, 6.45) is 7.03. The molecule has 0 aliphatic heterocycles. The van der Waals surface area contributed by atoms with Crippen LogP contribution in [0.25, 0.3) is 21.7 Å². The van der Waals surface area contributed by atoms with E-state index in [1.807, 2.05) is 12.3 Å². The molecule has 0 spiro atoms. The van der Waals surface area contributed by atoms with Gasteiger partial charge in [0.05, 0.1) is 5.52 Å². The van der Waals surface area contributed by atoms with Gasteiger partial charge < -0.3 is 0 Å². The molecule has 0 saturated carbocycles. The molecule has 1 aliphatic rings. The second kappa shape index (κ2) is 3.81. The van der Waals surface area contributed by atoms with E-state index in [2.05, 4.69) is 35.3 Å². The van der Waals surface area contributed by atoms with Gasteiger partial charge in [-0.15, -0.1) is 0 Å². The highest BCUT2D eigenvalue weighted by Crippen LogP contribution is 2.30. The molecular weight excluding hydrogens is 218 g/mol. The molecule has 1 aromatic heterocycles. The summed E-state index contributed by atoms with van der Waals surface area (Å²) in [5, 5.41) is 4.00. The van der Waals surface area contributed by atoms with Crippen molar-refractivity contribution in [1.82, 2.24) is 4.98 Å². The number of benzene rings is 2. The third-order valence-electron chi connectivity index (χ3n) is 4.06. The summed E-state index contributed by atoms with van der Waals surface area (Å²) in [7, 11) is 0. The Bertz CT molecular complexity index is 743. The minimum atomic E-state index is 1.10. The van der Waals surface area contributed by atoms with Crippen molar-refractivity contribution in [3.05, 3.63) is 53.7 Å². The molecule has 1 aliphatic carbocycles. The molecule has 2 aromatic carbocycles. The molecule has 0 atom stereocenters. The van der Waals surface area contributed by atoms with E-state index in [1.54, 1.807) is 11.1 Å². The van der Waals surface area contributed by atoms with Crippen LogP contribution in [-0.4, -0.2) is 4.98 Å². The maximum atomic E-state index is 4.44. The van der Waals surface area contributed by atoms with Crippen LogP contribution in [-0.2, 0) is 12.8 Å². The van der Waals surface area contributed by atoms with Crippen molar-refractivity contribution >= 4 is 21.7 Å². The Hall–Kier alpha value is -1.89. The Balaban J connectivity index is 2.12. The average molecular weight is 233 g/mol. The predicted octanol–water partition coefficient (Wildman–Crippen LogP) is 4.27. The molecule has 0 N–H and O–H groups in total. The van der Waals surface area contributed by atoms with Crippen LogP contribution in [0.15, 0.2) is 42.6 Å². The summed E-state index contributed by atoms with van der Waals surface area (Å²) in [6, 6.07) is 13.3. The van der Waals surface area contributed by atoms with Crippen molar-refractivity contribution in [2.45, 2.75) is 25.7 Å². The van der Waals surface area contributed by atoms with E-state index in [0.29, 0.717) is 0 Å². The zero-order chi connectivity index (χ0) is 11.9. The Kier molecular flexibility index (Phi) is 2.13. The maximum Gasteiger partial charge on any atom is 0.0708 e. The van der Waals surface area contributed by atoms with Crippen LogP contribution in [0.4, 0.5) is 0 Å². The first-order valence-electron chi connectivity index (χ1n) is 6.71. The van der Waals surface area contributed by atoms with E-state index in [9.17, 15) is 0 Å². The largest absolute Gasteiger partial charge is 0.256 e. The topological polar surface area (TPSA) is 12.9 Å². The number of nitrogens with zero attached hydrogens (tertiary/aromatic N) is 1. The third kappa shape index (κ3) is 1.43. The van der Waals surface area contributed by atoms with Crippen LogP contribution in [0.2, 0.25) is 0 Å². The molecule has 0 bridgehead atoms. The lowest BCUT2D eigenvalue weighted by Crippen LogP contribution is -2.02. The predicted molar refractivity (Wildman–Crippen MR) is 75.9 cm³/mol. The summed E-state index contributed by atoms with van der Waals surface area (Å²) in [4.78, 5) is 4.44. The first-order chi connectivity index (χ1) is 8.92. The van der Waals surface area contributed by atoms with Crippen molar-refractivity contribution in [3.8, 4) is 0 Å². The molecule has 0 amide bonds. The second-order valence-electron chi connectivity index (χ2n) is 5.18. The lowest BCUT2D eigenvalue weighted by molar-refractivity contribution is 0.687. The number of aryl methyl sites for hydroxylation is 2. The van der Waals surface area contributed by atoms with Crippen LogP contribution in [0.3, 0.4) is 0 Å². The van der Waals surface area contributed by atoms with E-state index >= 15 is 0 Å². The molecule has 1 heteroatoms. The molecule has 18 heavy (non-hydrogen) atoms. The van der Waals surface area contributed by atoms with Crippen molar-refractivity contribution in [2.24, 2.45) is 0 Å². The van der Waals surface area contributed by atoms with E-state index < -0.39 is 0 Å². The van der Waals surface area contributed by atoms with E-state index in [-0.39, 0.29) is 0 Å². The Labute approximate surface area is 106 Å². The molecule has 0 fully saturated rings. The van der Waals surface area contributed by atoms with Crippen LogP contribution in [0.5, 0.6) is 0 Å². The average Bonchev–Trinajstić information content (AvgIpc) is 2.45. The van der Waals surface area contributed by atoms with Crippen LogP contribution in [0.1, 0.15) is 24.0 Å². The van der Waals surface area contributed by atoms with Gasteiger partial charge in [0.2, 0.25) is 0 Å². The lowest BCUT2D eigenvalue weighted by Gasteiger charge is -2.17. The van der Waals surface area contributed by atoms with Crippen LogP contribution < -0.4 is 0 Å². The number of fused-ring (bicyclic) bond motifs is 4. The number of pyridine rings is 1. The van der Waals surface area contributed by atoms with Gasteiger partial charge >= 0.3 is 0 Å². The fraction of sp³-hybridized carbons (Fsp3) is 0.235. The highest BCUT2D eigenvalue weighted by Gasteiger charge is 2.11. The van der Waals surface area contributed by atoms with E-state index in [4.69, 9.17) is 0 Å². The molecule has 0 saturated heterocycles. The van der Waals surface area contributed by atoms with Gasteiger partial charge in [0.1, 0.15) is 0 Å². The van der Waals surface area contributed by atoms with Crippen molar-refractivity contribution in [1.29, 1.82) is 0 Å². The standard InChI is InChI=1S/C17H15N/c1-2-5-13-11-16-14(10-12(13)4-1)7-8-17-15(16)6-3-9-18-17/h3,6-11H,1-2,4-5H2. The fourth-order valence-corrected chi connectivity index (χ4v) is 3.12. The van der Waals surface area contributed by atoms with Gasteiger partial charge in [-0.1, -0.05) is 24.3 Å². The van der Waals surface area contributed by atoms with Crippen molar-refractivity contribution in [3.63, 3.8) is 0 Å². The smallest absolute Gasteiger partial charge is 0.0708 e. The molecule has 1 heterocycles. The normalized spacial score (nSPS) is 14.9. The van der Waals surface area contributed by atoms with Gasteiger partial charge in [0, 0.05) is 11.6 Å². The van der Waals surface area contributed by atoms with Gasteiger partial charge in [-0.25, -0.2) is 0 Å². The minimum absolute atomic E-state index is 1.10. The maximum absolute atomic E-state index is 4.44. The van der Waals surface area contributed by atoms with Crippen molar-refractivity contribution in [2.75, 3.05) is 0 Å². The first kappa shape index (κ1) is 10.1. The Morgan fingerprint density at radius 2 is 1.67 bits per heavy atom. The van der Waals surface area contributed by atoms with E-state index in [0.717, 1.165) is 5.52 Å². The zero-order valence-corrected chi connectivity index (χ0v) is 10.3. The van der Waals surface area contributed by atoms with E-state index in [1.165, 1.54) is 41.8 Å².